The van der Waals surface area contributed by atoms with Gasteiger partial charge in [-0.15, -0.1) is 0 Å². The monoisotopic (exact) mass is 612 g/mol. The van der Waals surface area contributed by atoms with Crippen LogP contribution in [-0.4, -0.2) is 54.1 Å². The lowest BCUT2D eigenvalue weighted by Gasteiger charge is -2.36. The first-order chi connectivity index (χ1) is 21.2. The van der Waals surface area contributed by atoms with E-state index in [1.54, 1.807) is 4.90 Å². The number of halogens is 3. The van der Waals surface area contributed by atoms with E-state index in [1.165, 1.54) is 30.2 Å². The lowest BCUT2D eigenvalue weighted by molar-refractivity contribution is -0.136. The topological polar surface area (TPSA) is 64.7 Å². The van der Waals surface area contributed by atoms with Crippen LogP contribution in [0.4, 0.5) is 28.4 Å². The van der Waals surface area contributed by atoms with Gasteiger partial charge in [-0.2, -0.15) is 13.2 Å². The number of rotatable bonds is 11. The van der Waals surface area contributed by atoms with Crippen molar-refractivity contribution >= 4 is 23.8 Å². The molecule has 1 saturated carbocycles. The third kappa shape index (κ3) is 10.3. The molecular weight excluding hydrogens is 565 g/mol. The number of hydrogen-bond acceptors (Lipinski definition) is 2. The molecule has 0 spiro atoms. The SMILES string of the molecule is CCCCCC(=Cc1ccccc1)CN(CC1CCN(C(=O)Nc2ccccc2C(F)(F)F)CC1)C(=O)NC1CCCCC1. The number of hydrogen-bond donors (Lipinski definition) is 2. The van der Waals surface area contributed by atoms with Crippen LogP contribution in [0.15, 0.2) is 60.2 Å². The molecular formula is C35H47F3N4O2. The molecule has 0 atom stereocenters. The number of likely N-dealkylation sites (tertiary alicyclic amines) is 1. The number of amides is 4. The number of benzene rings is 2. The highest BCUT2D eigenvalue weighted by atomic mass is 19.4. The van der Waals surface area contributed by atoms with Crippen LogP contribution in [0.2, 0.25) is 0 Å². The average Bonchev–Trinajstić information content (AvgIpc) is 3.02. The zero-order valence-electron chi connectivity index (χ0n) is 25.9. The van der Waals surface area contributed by atoms with Crippen molar-refractivity contribution in [2.45, 2.75) is 89.8 Å². The number of unbranched alkanes of at least 4 members (excludes halogenated alkanes) is 2. The highest BCUT2D eigenvalue weighted by Gasteiger charge is 2.34. The van der Waals surface area contributed by atoms with Gasteiger partial charge >= 0.3 is 18.2 Å². The minimum absolute atomic E-state index is 0.0321. The number of carbonyl (C=O) groups excluding carboxylic acids is 2. The zero-order chi connectivity index (χ0) is 31.4. The molecule has 1 heterocycles. The van der Waals surface area contributed by atoms with Gasteiger partial charge in [-0.25, -0.2) is 9.59 Å². The lowest BCUT2D eigenvalue weighted by Crippen LogP contribution is -2.49. The summed E-state index contributed by atoms with van der Waals surface area (Å²) in [6, 6.07) is 14.9. The summed E-state index contributed by atoms with van der Waals surface area (Å²) in [6.45, 7) is 4.15. The third-order valence-corrected chi connectivity index (χ3v) is 8.74. The molecule has 44 heavy (non-hydrogen) atoms. The fourth-order valence-corrected chi connectivity index (χ4v) is 6.23. The second-order valence-electron chi connectivity index (χ2n) is 12.2. The van der Waals surface area contributed by atoms with Gasteiger partial charge in [-0.05, 0) is 62.1 Å². The molecule has 0 aromatic heterocycles. The van der Waals surface area contributed by atoms with Gasteiger partial charge in [0.25, 0.3) is 0 Å². The van der Waals surface area contributed by atoms with E-state index in [-0.39, 0.29) is 23.7 Å². The van der Waals surface area contributed by atoms with Crippen LogP contribution < -0.4 is 10.6 Å². The maximum absolute atomic E-state index is 13.7. The number of nitrogens with zero attached hydrogens (tertiary/aromatic N) is 2. The van der Waals surface area contributed by atoms with Gasteiger partial charge < -0.3 is 20.4 Å². The zero-order valence-corrected chi connectivity index (χ0v) is 25.9. The van der Waals surface area contributed by atoms with Crippen molar-refractivity contribution in [3.8, 4) is 0 Å². The van der Waals surface area contributed by atoms with Gasteiger partial charge in [0.15, 0.2) is 0 Å². The molecule has 0 radical (unpaired) electrons. The molecule has 4 amide bonds. The predicted octanol–water partition coefficient (Wildman–Crippen LogP) is 8.96. The van der Waals surface area contributed by atoms with Crippen molar-refractivity contribution < 1.29 is 22.8 Å². The largest absolute Gasteiger partial charge is 0.418 e. The second kappa shape index (κ2) is 16.5. The van der Waals surface area contributed by atoms with Crippen LogP contribution in [0, 0.1) is 5.92 Å². The Morgan fingerprint density at radius 2 is 1.61 bits per heavy atom. The van der Waals surface area contributed by atoms with Crippen LogP contribution >= 0.6 is 0 Å². The van der Waals surface area contributed by atoms with Crippen molar-refractivity contribution in [3.05, 3.63) is 71.3 Å². The molecule has 2 fully saturated rings. The van der Waals surface area contributed by atoms with Gasteiger partial charge in [-0.1, -0.05) is 93.1 Å². The Bertz CT molecular complexity index is 1220. The van der Waals surface area contributed by atoms with Crippen molar-refractivity contribution in [3.63, 3.8) is 0 Å². The Kier molecular flexibility index (Phi) is 12.6. The molecule has 6 nitrogen and oxygen atoms in total. The number of alkyl halides is 3. The number of nitrogens with one attached hydrogen (secondary N) is 2. The number of anilines is 1. The minimum atomic E-state index is -4.55. The fourth-order valence-electron chi connectivity index (χ4n) is 6.23. The van der Waals surface area contributed by atoms with Gasteiger partial charge in [-0.3, -0.25) is 0 Å². The van der Waals surface area contributed by atoms with Crippen LogP contribution in [0.5, 0.6) is 0 Å². The van der Waals surface area contributed by atoms with Crippen molar-refractivity contribution in [2.24, 2.45) is 5.92 Å². The van der Waals surface area contributed by atoms with Gasteiger partial charge in [0.2, 0.25) is 0 Å². The summed E-state index contributed by atoms with van der Waals surface area (Å²) in [5, 5.41) is 5.77. The Hall–Kier alpha value is -3.49. The second-order valence-corrected chi connectivity index (χ2v) is 12.2. The van der Waals surface area contributed by atoms with E-state index in [1.807, 2.05) is 23.1 Å². The van der Waals surface area contributed by atoms with Crippen LogP contribution in [0.3, 0.4) is 0 Å². The molecule has 4 rings (SSSR count). The fraction of sp³-hybridized carbons (Fsp3) is 0.543. The molecule has 2 aromatic carbocycles. The molecule has 2 aliphatic rings. The lowest BCUT2D eigenvalue weighted by atomic mass is 9.95. The summed E-state index contributed by atoms with van der Waals surface area (Å²) >= 11 is 0. The summed E-state index contributed by atoms with van der Waals surface area (Å²) in [7, 11) is 0. The maximum Gasteiger partial charge on any atom is 0.418 e. The Balaban J connectivity index is 1.42. The standard InChI is InChI=1S/C35H47F3N4O2/c1-2-3-6-15-29(24-27-13-7-4-8-14-27)26-42(33(43)39-30-16-9-5-10-17-30)25-28-20-22-41(23-21-28)34(44)40-32-19-12-11-18-31(32)35(36,37)38/h4,7-8,11-14,18-19,24,28,30H,2-3,5-6,9-10,15-17,20-23,25-26H2,1H3,(H,39,43)(H,40,44). The molecule has 0 unspecified atom stereocenters. The number of urea groups is 2. The van der Waals surface area contributed by atoms with E-state index in [4.69, 9.17) is 0 Å². The van der Waals surface area contributed by atoms with E-state index in [9.17, 15) is 22.8 Å². The molecule has 1 aliphatic heterocycles. The molecule has 1 aliphatic carbocycles. The summed E-state index contributed by atoms with van der Waals surface area (Å²) in [5.41, 5.74) is 1.25. The summed E-state index contributed by atoms with van der Waals surface area (Å²) in [5.74, 6) is 0.187. The smallest absolute Gasteiger partial charge is 0.335 e. The first kappa shape index (κ1) is 33.4. The highest BCUT2D eigenvalue weighted by Crippen LogP contribution is 2.35. The minimum Gasteiger partial charge on any atom is -0.335 e. The maximum atomic E-state index is 13.7. The first-order valence-electron chi connectivity index (χ1n) is 16.2. The van der Waals surface area contributed by atoms with Crippen LogP contribution in [0.1, 0.15) is 88.7 Å². The molecule has 9 heteroatoms. The number of piperidine rings is 1. The third-order valence-electron chi connectivity index (χ3n) is 8.74. The van der Waals surface area contributed by atoms with Gasteiger partial charge in [0.1, 0.15) is 0 Å². The highest BCUT2D eigenvalue weighted by molar-refractivity contribution is 5.90. The van der Waals surface area contributed by atoms with E-state index in [0.717, 1.165) is 63.0 Å². The summed E-state index contributed by atoms with van der Waals surface area (Å²) < 4.78 is 40.3. The normalized spacial score (nSPS) is 16.9. The van der Waals surface area contributed by atoms with Crippen molar-refractivity contribution in [2.75, 3.05) is 31.5 Å². The molecule has 2 aromatic rings. The number of carbonyl (C=O) groups is 2. The van der Waals surface area contributed by atoms with Gasteiger partial charge in [0, 0.05) is 32.2 Å². The summed E-state index contributed by atoms with van der Waals surface area (Å²) in [4.78, 5) is 30.2. The Morgan fingerprint density at radius 3 is 2.30 bits per heavy atom. The Morgan fingerprint density at radius 1 is 0.932 bits per heavy atom. The summed E-state index contributed by atoms with van der Waals surface area (Å²) in [6.07, 6.45) is 8.76. The number of para-hydroxylation sites is 1. The van der Waals surface area contributed by atoms with Crippen molar-refractivity contribution in [1.82, 2.24) is 15.1 Å². The van der Waals surface area contributed by atoms with E-state index in [2.05, 4.69) is 35.8 Å². The molecule has 0 bridgehead atoms. The quantitative estimate of drug-likeness (QED) is 0.249. The van der Waals surface area contributed by atoms with Gasteiger partial charge in [0.05, 0.1) is 11.3 Å². The first-order valence-corrected chi connectivity index (χ1v) is 16.2. The van der Waals surface area contributed by atoms with Crippen LogP contribution in [-0.2, 0) is 6.18 Å². The van der Waals surface area contributed by atoms with Crippen molar-refractivity contribution in [1.29, 1.82) is 0 Å². The van der Waals surface area contributed by atoms with Crippen LogP contribution in [0.25, 0.3) is 6.08 Å². The molecule has 240 valence electrons. The van der Waals surface area contributed by atoms with E-state index in [0.29, 0.717) is 39.0 Å². The predicted molar refractivity (Wildman–Crippen MR) is 170 cm³/mol. The Labute approximate surface area is 260 Å². The average molecular weight is 613 g/mol. The molecule has 1 saturated heterocycles. The van der Waals surface area contributed by atoms with E-state index >= 15 is 0 Å². The van der Waals surface area contributed by atoms with E-state index < -0.39 is 17.8 Å². The molecule has 2 N–H and O–H groups in total.